The van der Waals surface area contributed by atoms with Crippen LogP contribution in [0, 0.1) is 13.8 Å². The van der Waals surface area contributed by atoms with Crippen LogP contribution < -0.4 is 0 Å². The Balaban J connectivity index is 0.000000531. The van der Waals surface area contributed by atoms with Gasteiger partial charge in [-0.1, -0.05) is 13.8 Å². The fourth-order valence-electron chi connectivity index (χ4n) is 1.68. The van der Waals surface area contributed by atoms with Crippen molar-refractivity contribution in [3.63, 3.8) is 0 Å². The number of hydrogen-bond acceptors (Lipinski definition) is 2. The number of aromatic hydroxyl groups is 1. The third kappa shape index (κ3) is 2.27. The molecule has 1 N–H and O–H groups in total. The van der Waals surface area contributed by atoms with Crippen LogP contribution in [0.4, 0.5) is 0 Å². The summed E-state index contributed by atoms with van der Waals surface area (Å²) in [5.74, 6) is 0.281. The molecule has 2 aromatic rings. The van der Waals surface area contributed by atoms with Crippen LogP contribution in [0.3, 0.4) is 0 Å². The van der Waals surface area contributed by atoms with Gasteiger partial charge in [0.1, 0.15) is 5.75 Å². The monoisotopic (exact) mass is 203 g/mol. The van der Waals surface area contributed by atoms with Gasteiger partial charge in [-0.15, -0.1) is 0 Å². The molecule has 80 valence electrons. The molecule has 2 heteroatoms. The van der Waals surface area contributed by atoms with E-state index in [1.807, 2.05) is 33.8 Å². The largest absolute Gasteiger partial charge is 0.508 e. The first-order chi connectivity index (χ1) is 7.18. The minimum absolute atomic E-state index is 0.281. The molecule has 1 aromatic carbocycles. The average Bonchev–Trinajstić information content (AvgIpc) is 2.19. The second kappa shape index (κ2) is 4.78. The molecule has 1 aromatic heterocycles. The van der Waals surface area contributed by atoms with Crippen LogP contribution in [0.2, 0.25) is 0 Å². The Morgan fingerprint density at radius 2 is 1.73 bits per heavy atom. The van der Waals surface area contributed by atoms with Crippen molar-refractivity contribution in [3.05, 3.63) is 35.5 Å². The van der Waals surface area contributed by atoms with Crippen LogP contribution in [0.15, 0.2) is 24.4 Å². The molecule has 0 unspecified atom stereocenters. The zero-order valence-electron chi connectivity index (χ0n) is 9.70. The van der Waals surface area contributed by atoms with Crippen LogP contribution in [0.5, 0.6) is 5.75 Å². The molecule has 0 saturated carbocycles. The van der Waals surface area contributed by atoms with E-state index in [4.69, 9.17) is 0 Å². The minimum Gasteiger partial charge on any atom is -0.508 e. The first kappa shape index (κ1) is 11.5. The van der Waals surface area contributed by atoms with Crippen LogP contribution in [0.25, 0.3) is 10.9 Å². The molecule has 0 radical (unpaired) electrons. The third-order valence-electron chi connectivity index (χ3n) is 2.23. The molecule has 0 spiro atoms. The zero-order valence-corrected chi connectivity index (χ0v) is 9.70. The molecule has 0 aliphatic carbocycles. The normalized spacial score (nSPS) is 9.60. The standard InChI is InChI=1S/C11H11NO.C2H6/c1-7-3-4-12-10-6-9(13)5-8(2)11(7)10;1-2/h3-6,13H,1-2H3;1-2H3. The van der Waals surface area contributed by atoms with Crippen molar-refractivity contribution in [2.75, 3.05) is 0 Å². The lowest BCUT2D eigenvalue weighted by molar-refractivity contribution is 0.475. The highest BCUT2D eigenvalue weighted by molar-refractivity contribution is 5.86. The summed E-state index contributed by atoms with van der Waals surface area (Å²) in [7, 11) is 0. The van der Waals surface area contributed by atoms with E-state index >= 15 is 0 Å². The second-order valence-corrected chi connectivity index (χ2v) is 3.28. The number of rotatable bonds is 0. The summed E-state index contributed by atoms with van der Waals surface area (Å²) >= 11 is 0. The molecule has 2 nitrogen and oxygen atoms in total. The van der Waals surface area contributed by atoms with Crippen molar-refractivity contribution in [1.29, 1.82) is 0 Å². The van der Waals surface area contributed by atoms with Gasteiger partial charge in [-0.25, -0.2) is 0 Å². The first-order valence-electron chi connectivity index (χ1n) is 5.23. The Hall–Kier alpha value is -1.57. The van der Waals surface area contributed by atoms with Crippen molar-refractivity contribution < 1.29 is 5.11 Å². The number of hydrogen-bond donors (Lipinski definition) is 1. The number of fused-ring (bicyclic) bond motifs is 1. The Morgan fingerprint density at radius 1 is 1.07 bits per heavy atom. The first-order valence-corrected chi connectivity index (χ1v) is 5.23. The SMILES string of the molecule is CC.Cc1ccnc2cc(O)cc(C)c12. The predicted octanol–water partition coefficient (Wildman–Crippen LogP) is 3.58. The summed E-state index contributed by atoms with van der Waals surface area (Å²) in [5, 5.41) is 10.5. The number of aryl methyl sites for hydroxylation is 2. The van der Waals surface area contributed by atoms with Gasteiger partial charge in [-0.3, -0.25) is 4.98 Å². The number of benzene rings is 1. The molecule has 0 amide bonds. The van der Waals surface area contributed by atoms with E-state index in [0.29, 0.717) is 0 Å². The maximum Gasteiger partial charge on any atom is 0.118 e. The lowest BCUT2D eigenvalue weighted by Gasteiger charge is -2.05. The van der Waals surface area contributed by atoms with Gasteiger partial charge in [0, 0.05) is 17.6 Å². The van der Waals surface area contributed by atoms with Crippen LogP contribution in [-0.4, -0.2) is 10.1 Å². The number of phenolic OH excluding ortho intramolecular Hbond substituents is 1. The number of nitrogens with zero attached hydrogens (tertiary/aromatic N) is 1. The van der Waals surface area contributed by atoms with E-state index in [-0.39, 0.29) is 5.75 Å². The predicted molar refractivity (Wildman–Crippen MR) is 64.2 cm³/mol. The Bertz CT molecular complexity index is 463. The summed E-state index contributed by atoms with van der Waals surface area (Å²) in [4.78, 5) is 4.20. The van der Waals surface area contributed by atoms with Gasteiger partial charge < -0.3 is 5.11 Å². The molecular formula is C13H17NO. The number of pyridine rings is 1. The van der Waals surface area contributed by atoms with E-state index < -0.39 is 0 Å². The van der Waals surface area contributed by atoms with Crippen LogP contribution >= 0.6 is 0 Å². The molecule has 0 bridgehead atoms. The second-order valence-electron chi connectivity index (χ2n) is 3.28. The molecule has 0 fully saturated rings. The Labute approximate surface area is 90.6 Å². The van der Waals surface area contributed by atoms with Gasteiger partial charge in [0.15, 0.2) is 0 Å². The Kier molecular flexibility index (Phi) is 3.67. The summed E-state index contributed by atoms with van der Waals surface area (Å²) in [6.45, 7) is 8.03. The van der Waals surface area contributed by atoms with Gasteiger partial charge in [-0.2, -0.15) is 0 Å². The highest BCUT2D eigenvalue weighted by Crippen LogP contribution is 2.24. The minimum atomic E-state index is 0.281. The molecular weight excluding hydrogens is 186 g/mol. The zero-order chi connectivity index (χ0) is 11.4. The quantitative estimate of drug-likeness (QED) is 0.709. The number of phenols is 1. The maximum atomic E-state index is 9.36. The topological polar surface area (TPSA) is 33.1 Å². The van der Waals surface area contributed by atoms with Gasteiger partial charge >= 0.3 is 0 Å². The third-order valence-corrected chi connectivity index (χ3v) is 2.23. The summed E-state index contributed by atoms with van der Waals surface area (Å²) in [6, 6.07) is 5.43. The van der Waals surface area contributed by atoms with Gasteiger partial charge in [0.05, 0.1) is 5.52 Å². The van der Waals surface area contributed by atoms with E-state index in [1.165, 1.54) is 5.56 Å². The fraction of sp³-hybridized carbons (Fsp3) is 0.308. The van der Waals surface area contributed by atoms with Crippen molar-refractivity contribution >= 4 is 10.9 Å². The van der Waals surface area contributed by atoms with Crippen molar-refractivity contribution in [3.8, 4) is 5.75 Å². The Morgan fingerprint density at radius 3 is 2.40 bits per heavy atom. The van der Waals surface area contributed by atoms with Crippen molar-refractivity contribution in [2.45, 2.75) is 27.7 Å². The molecule has 0 saturated heterocycles. The summed E-state index contributed by atoms with van der Waals surface area (Å²) < 4.78 is 0. The maximum absolute atomic E-state index is 9.36. The summed E-state index contributed by atoms with van der Waals surface area (Å²) in [5.41, 5.74) is 3.13. The van der Waals surface area contributed by atoms with E-state index in [9.17, 15) is 5.11 Å². The van der Waals surface area contributed by atoms with E-state index in [0.717, 1.165) is 16.5 Å². The van der Waals surface area contributed by atoms with Gasteiger partial charge in [0.25, 0.3) is 0 Å². The molecule has 0 aliphatic heterocycles. The van der Waals surface area contributed by atoms with Crippen molar-refractivity contribution in [2.24, 2.45) is 0 Å². The van der Waals surface area contributed by atoms with E-state index in [1.54, 1.807) is 18.3 Å². The molecule has 1 heterocycles. The van der Waals surface area contributed by atoms with Gasteiger partial charge in [-0.05, 0) is 37.1 Å². The molecule has 0 aliphatic rings. The summed E-state index contributed by atoms with van der Waals surface area (Å²) in [6.07, 6.45) is 1.76. The smallest absolute Gasteiger partial charge is 0.118 e. The highest BCUT2D eigenvalue weighted by Gasteiger charge is 2.02. The van der Waals surface area contributed by atoms with E-state index in [2.05, 4.69) is 4.98 Å². The lowest BCUT2D eigenvalue weighted by Crippen LogP contribution is -1.85. The van der Waals surface area contributed by atoms with Gasteiger partial charge in [0.2, 0.25) is 0 Å². The lowest BCUT2D eigenvalue weighted by atomic mass is 10.0. The molecule has 0 atom stereocenters. The number of aromatic nitrogens is 1. The van der Waals surface area contributed by atoms with Crippen molar-refractivity contribution in [1.82, 2.24) is 4.98 Å². The molecule has 15 heavy (non-hydrogen) atoms. The average molecular weight is 203 g/mol. The van der Waals surface area contributed by atoms with Crippen LogP contribution in [0.1, 0.15) is 25.0 Å². The highest BCUT2D eigenvalue weighted by atomic mass is 16.3. The fourth-order valence-corrected chi connectivity index (χ4v) is 1.68. The molecule has 2 rings (SSSR count). The van der Waals surface area contributed by atoms with Crippen LogP contribution in [-0.2, 0) is 0 Å².